The van der Waals surface area contributed by atoms with Gasteiger partial charge in [0.25, 0.3) is 5.69 Å². The molecule has 8 heteroatoms. The number of carbonyl (C=O) groups excluding carboxylic acids is 1. The normalized spacial score (nSPS) is 27.1. The average molecular weight is 397 g/mol. The number of nitrogens with zero attached hydrogens (tertiary/aromatic N) is 3. The van der Waals surface area contributed by atoms with Crippen LogP contribution in [0.2, 0.25) is 0 Å². The SMILES string of the molecule is CC(C)(C)NNC(=O)C12CCC(C)(c3nc4ccc([N+](=O)[O-])cc4nc31)C2(C)C. The number of fused-ring (bicyclic) bond motifs is 6. The van der Waals surface area contributed by atoms with Crippen LogP contribution in [0, 0.1) is 15.5 Å². The molecular weight excluding hydrogens is 370 g/mol. The summed E-state index contributed by atoms with van der Waals surface area (Å²) < 4.78 is 0. The Hall–Kier alpha value is -2.61. The summed E-state index contributed by atoms with van der Waals surface area (Å²) in [4.78, 5) is 34.0. The third-order valence-electron chi connectivity index (χ3n) is 7.17. The van der Waals surface area contributed by atoms with Crippen molar-refractivity contribution in [3.05, 3.63) is 39.7 Å². The Labute approximate surface area is 169 Å². The van der Waals surface area contributed by atoms with Crippen LogP contribution in [0.5, 0.6) is 0 Å². The zero-order valence-electron chi connectivity index (χ0n) is 17.7. The van der Waals surface area contributed by atoms with Gasteiger partial charge in [-0.15, -0.1) is 0 Å². The molecule has 154 valence electrons. The van der Waals surface area contributed by atoms with Crippen molar-refractivity contribution in [3.8, 4) is 0 Å². The Morgan fingerprint density at radius 2 is 1.76 bits per heavy atom. The maximum Gasteiger partial charge on any atom is 0.271 e. The van der Waals surface area contributed by atoms with Crippen LogP contribution in [-0.2, 0) is 15.6 Å². The number of hydrogen-bond donors (Lipinski definition) is 2. The topological polar surface area (TPSA) is 110 Å². The molecule has 29 heavy (non-hydrogen) atoms. The maximum atomic E-state index is 13.6. The summed E-state index contributed by atoms with van der Waals surface area (Å²) in [5, 5.41) is 11.2. The number of hydrogen-bond acceptors (Lipinski definition) is 6. The van der Waals surface area contributed by atoms with E-state index in [4.69, 9.17) is 9.97 Å². The Kier molecular flexibility index (Phi) is 3.88. The first-order valence-corrected chi connectivity index (χ1v) is 9.88. The molecule has 2 unspecified atom stereocenters. The van der Waals surface area contributed by atoms with Crippen molar-refractivity contribution in [3.63, 3.8) is 0 Å². The van der Waals surface area contributed by atoms with Crippen molar-refractivity contribution in [2.24, 2.45) is 5.41 Å². The number of amides is 1. The van der Waals surface area contributed by atoms with Crippen molar-refractivity contribution in [1.29, 1.82) is 0 Å². The summed E-state index contributed by atoms with van der Waals surface area (Å²) in [6.07, 6.45) is 1.50. The zero-order chi connectivity index (χ0) is 21.4. The van der Waals surface area contributed by atoms with Gasteiger partial charge in [-0.1, -0.05) is 20.8 Å². The zero-order valence-corrected chi connectivity index (χ0v) is 17.7. The summed E-state index contributed by atoms with van der Waals surface area (Å²) >= 11 is 0. The van der Waals surface area contributed by atoms with Crippen LogP contribution in [-0.4, -0.2) is 26.3 Å². The van der Waals surface area contributed by atoms with Gasteiger partial charge in [0.15, 0.2) is 0 Å². The van der Waals surface area contributed by atoms with Crippen molar-refractivity contribution >= 4 is 22.6 Å². The van der Waals surface area contributed by atoms with E-state index in [9.17, 15) is 14.9 Å². The fraction of sp³-hybridized carbons (Fsp3) is 0.571. The average Bonchev–Trinajstić information content (AvgIpc) is 2.92. The largest absolute Gasteiger partial charge is 0.290 e. The molecule has 2 bridgehead atoms. The van der Waals surface area contributed by atoms with E-state index in [1.54, 1.807) is 6.07 Å². The number of benzene rings is 1. The summed E-state index contributed by atoms with van der Waals surface area (Å²) in [6, 6.07) is 4.51. The Morgan fingerprint density at radius 3 is 2.38 bits per heavy atom. The van der Waals surface area contributed by atoms with Gasteiger partial charge < -0.3 is 0 Å². The van der Waals surface area contributed by atoms with Gasteiger partial charge in [0.1, 0.15) is 5.41 Å². The third kappa shape index (κ3) is 2.44. The van der Waals surface area contributed by atoms with Crippen LogP contribution < -0.4 is 10.9 Å². The molecule has 0 spiro atoms. The van der Waals surface area contributed by atoms with E-state index in [1.807, 2.05) is 20.8 Å². The van der Waals surface area contributed by atoms with Crippen LogP contribution in [0.4, 0.5) is 5.69 Å². The molecule has 1 saturated carbocycles. The standard InChI is InChI=1S/C21H27N5O3/c1-18(2,3)25-24-17(27)21-10-9-20(6,19(21,4)5)15-16(21)23-14-11-12(26(28)29)7-8-13(14)22-15/h7-8,11,25H,9-10H2,1-6H3,(H,24,27). The van der Waals surface area contributed by atoms with Crippen molar-refractivity contribution in [2.75, 3.05) is 0 Å². The van der Waals surface area contributed by atoms with Crippen LogP contribution in [0.15, 0.2) is 18.2 Å². The smallest absolute Gasteiger partial charge is 0.271 e. The van der Waals surface area contributed by atoms with Gasteiger partial charge in [0.2, 0.25) is 5.91 Å². The lowest BCUT2D eigenvalue weighted by Crippen LogP contribution is -2.58. The van der Waals surface area contributed by atoms with Crippen LogP contribution >= 0.6 is 0 Å². The van der Waals surface area contributed by atoms with E-state index in [1.165, 1.54) is 12.1 Å². The van der Waals surface area contributed by atoms with E-state index in [0.29, 0.717) is 23.1 Å². The number of non-ortho nitro benzene ring substituents is 1. The first-order chi connectivity index (χ1) is 13.3. The van der Waals surface area contributed by atoms with Gasteiger partial charge in [-0.25, -0.2) is 15.4 Å². The highest BCUT2D eigenvalue weighted by atomic mass is 16.6. The Bertz CT molecular complexity index is 1060. The van der Waals surface area contributed by atoms with E-state index >= 15 is 0 Å². The second-order valence-electron chi connectivity index (χ2n) is 10.0. The predicted molar refractivity (Wildman–Crippen MR) is 109 cm³/mol. The molecular formula is C21H27N5O3. The quantitative estimate of drug-likeness (QED) is 0.607. The number of rotatable bonds is 3. The van der Waals surface area contributed by atoms with Crippen LogP contribution in [0.25, 0.3) is 11.0 Å². The fourth-order valence-electron chi connectivity index (χ4n) is 5.06. The van der Waals surface area contributed by atoms with Gasteiger partial charge in [-0.2, -0.15) is 0 Å². The number of hydrazine groups is 1. The van der Waals surface area contributed by atoms with Gasteiger partial charge in [0.05, 0.1) is 27.3 Å². The van der Waals surface area contributed by atoms with Crippen molar-refractivity contribution < 1.29 is 9.72 Å². The number of carbonyl (C=O) groups is 1. The number of nitrogens with one attached hydrogen (secondary N) is 2. The molecule has 0 saturated heterocycles. The highest BCUT2D eigenvalue weighted by Crippen LogP contribution is 2.70. The molecule has 1 heterocycles. The van der Waals surface area contributed by atoms with Gasteiger partial charge in [-0.05, 0) is 45.1 Å². The van der Waals surface area contributed by atoms with E-state index in [2.05, 4.69) is 31.6 Å². The molecule has 8 nitrogen and oxygen atoms in total. The molecule has 0 aliphatic heterocycles. The third-order valence-corrected chi connectivity index (χ3v) is 7.17. The summed E-state index contributed by atoms with van der Waals surface area (Å²) in [5.74, 6) is -0.126. The first kappa shape index (κ1) is 19.7. The minimum atomic E-state index is -0.846. The van der Waals surface area contributed by atoms with Crippen LogP contribution in [0.3, 0.4) is 0 Å². The molecule has 2 aliphatic rings. The minimum absolute atomic E-state index is 0.0340. The Balaban J connectivity index is 1.91. The Morgan fingerprint density at radius 1 is 1.10 bits per heavy atom. The van der Waals surface area contributed by atoms with Crippen LogP contribution in [0.1, 0.15) is 65.8 Å². The fourth-order valence-corrected chi connectivity index (χ4v) is 5.06. The lowest BCUT2D eigenvalue weighted by molar-refractivity contribution is -0.384. The predicted octanol–water partition coefficient (Wildman–Crippen LogP) is 3.29. The molecule has 1 amide bonds. The molecule has 1 fully saturated rings. The van der Waals surface area contributed by atoms with Gasteiger partial charge in [-0.3, -0.25) is 20.3 Å². The van der Waals surface area contributed by atoms with Gasteiger partial charge in [0, 0.05) is 23.1 Å². The number of nitro benzene ring substituents is 1. The van der Waals surface area contributed by atoms with E-state index in [0.717, 1.165) is 12.1 Å². The summed E-state index contributed by atoms with van der Waals surface area (Å²) in [6.45, 7) is 12.3. The molecule has 2 aromatic rings. The maximum absolute atomic E-state index is 13.6. The molecule has 1 aromatic carbocycles. The molecule has 2 N–H and O–H groups in total. The molecule has 0 radical (unpaired) electrons. The summed E-state index contributed by atoms with van der Waals surface area (Å²) in [7, 11) is 0. The highest BCUT2D eigenvalue weighted by Gasteiger charge is 2.73. The molecule has 4 rings (SSSR count). The molecule has 2 aliphatic carbocycles. The minimum Gasteiger partial charge on any atom is -0.290 e. The number of aromatic nitrogens is 2. The number of nitro groups is 1. The van der Waals surface area contributed by atoms with Crippen molar-refractivity contribution in [2.45, 2.75) is 70.8 Å². The lowest BCUT2D eigenvalue weighted by atomic mass is 9.63. The van der Waals surface area contributed by atoms with E-state index in [-0.39, 0.29) is 22.5 Å². The highest BCUT2D eigenvalue weighted by molar-refractivity contribution is 5.92. The summed E-state index contributed by atoms with van der Waals surface area (Å²) in [5.41, 5.74) is 6.66. The second-order valence-corrected chi connectivity index (χ2v) is 10.0. The molecule has 1 aromatic heterocycles. The molecule has 2 atom stereocenters. The van der Waals surface area contributed by atoms with Gasteiger partial charge >= 0.3 is 0 Å². The van der Waals surface area contributed by atoms with E-state index < -0.39 is 15.8 Å². The monoisotopic (exact) mass is 397 g/mol. The second kappa shape index (κ2) is 5.72. The van der Waals surface area contributed by atoms with Crippen molar-refractivity contribution in [1.82, 2.24) is 20.8 Å². The lowest BCUT2D eigenvalue weighted by Gasteiger charge is -2.40. The first-order valence-electron chi connectivity index (χ1n) is 9.88.